The first-order valence-electron chi connectivity index (χ1n) is 4.86. The lowest BCUT2D eigenvalue weighted by Gasteiger charge is -2.16. The first kappa shape index (κ1) is 11.4. The Morgan fingerprint density at radius 1 is 1.60 bits per heavy atom. The van der Waals surface area contributed by atoms with Gasteiger partial charge in [-0.2, -0.15) is 5.10 Å². The van der Waals surface area contributed by atoms with Crippen LogP contribution < -0.4 is 5.32 Å². The molecule has 1 atom stereocenters. The van der Waals surface area contributed by atoms with Crippen LogP contribution in [-0.4, -0.2) is 27.3 Å². The van der Waals surface area contributed by atoms with E-state index in [0.717, 1.165) is 0 Å². The summed E-state index contributed by atoms with van der Waals surface area (Å²) in [6, 6.07) is 2.80. The molecule has 15 heavy (non-hydrogen) atoms. The highest BCUT2D eigenvalue weighted by atomic mass is 16.4. The zero-order valence-electron chi connectivity index (χ0n) is 8.84. The molecule has 0 amide bonds. The third-order valence-corrected chi connectivity index (χ3v) is 1.90. The lowest BCUT2D eigenvalue weighted by atomic mass is 10.0. The van der Waals surface area contributed by atoms with E-state index in [9.17, 15) is 4.79 Å². The van der Waals surface area contributed by atoms with Crippen LogP contribution in [0.15, 0.2) is 18.3 Å². The number of hydrogen-bond donors (Lipinski definition) is 2. The molecule has 5 nitrogen and oxygen atoms in total. The molecule has 0 saturated carbocycles. The first-order chi connectivity index (χ1) is 7.09. The van der Waals surface area contributed by atoms with E-state index in [1.807, 2.05) is 13.8 Å². The van der Waals surface area contributed by atoms with E-state index < -0.39 is 12.0 Å². The van der Waals surface area contributed by atoms with Gasteiger partial charge in [-0.25, -0.2) is 4.79 Å². The number of hydrogen-bond acceptors (Lipinski definition) is 4. The molecular weight excluding hydrogens is 194 g/mol. The second-order valence-corrected chi connectivity index (χ2v) is 3.77. The van der Waals surface area contributed by atoms with Gasteiger partial charge >= 0.3 is 5.97 Å². The molecule has 1 heterocycles. The Kier molecular flexibility index (Phi) is 4.03. The maximum Gasteiger partial charge on any atom is 0.326 e. The summed E-state index contributed by atoms with van der Waals surface area (Å²) in [5.74, 6) is -0.0600. The summed E-state index contributed by atoms with van der Waals surface area (Å²) in [6.07, 6.45) is 2.11. The van der Waals surface area contributed by atoms with Gasteiger partial charge in [0.15, 0.2) is 0 Å². The standard InChI is InChI=1S/C10H15N3O2/c1-7(2)6-8(10(14)15)12-9-4-3-5-11-13-9/h3-5,7-8H,6H2,1-2H3,(H,12,13)(H,14,15). The molecular formula is C10H15N3O2. The van der Waals surface area contributed by atoms with Crippen LogP contribution in [0.4, 0.5) is 5.82 Å². The topological polar surface area (TPSA) is 75.1 Å². The van der Waals surface area contributed by atoms with E-state index >= 15 is 0 Å². The number of aliphatic carboxylic acids is 1. The van der Waals surface area contributed by atoms with Crippen molar-refractivity contribution in [2.75, 3.05) is 5.32 Å². The second-order valence-electron chi connectivity index (χ2n) is 3.77. The smallest absolute Gasteiger partial charge is 0.326 e. The quantitative estimate of drug-likeness (QED) is 0.766. The molecule has 0 aliphatic heterocycles. The van der Waals surface area contributed by atoms with Crippen molar-refractivity contribution in [2.45, 2.75) is 26.3 Å². The van der Waals surface area contributed by atoms with Gasteiger partial charge < -0.3 is 10.4 Å². The SMILES string of the molecule is CC(C)CC(Nc1cccnn1)C(=O)O. The van der Waals surface area contributed by atoms with Gasteiger partial charge in [-0.1, -0.05) is 13.8 Å². The molecule has 5 heteroatoms. The van der Waals surface area contributed by atoms with Gasteiger partial charge in [0, 0.05) is 6.20 Å². The Balaban J connectivity index is 2.63. The van der Waals surface area contributed by atoms with E-state index in [0.29, 0.717) is 18.2 Å². The van der Waals surface area contributed by atoms with Crippen LogP contribution >= 0.6 is 0 Å². The molecule has 82 valence electrons. The van der Waals surface area contributed by atoms with E-state index in [2.05, 4.69) is 15.5 Å². The second kappa shape index (κ2) is 5.29. The van der Waals surface area contributed by atoms with Crippen LogP contribution in [-0.2, 0) is 4.79 Å². The number of nitrogens with one attached hydrogen (secondary N) is 1. The van der Waals surface area contributed by atoms with Crippen molar-refractivity contribution < 1.29 is 9.90 Å². The lowest BCUT2D eigenvalue weighted by Crippen LogP contribution is -2.31. The number of carboxylic acid groups (broad SMARTS) is 1. The monoisotopic (exact) mass is 209 g/mol. The first-order valence-corrected chi connectivity index (χ1v) is 4.86. The van der Waals surface area contributed by atoms with E-state index in [1.54, 1.807) is 18.3 Å². The van der Waals surface area contributed by atoms with E-state index in [4.69, 9.17) is 5.11 Å². The van der Waals surface area contributed by atoms with Crippen molar-refractivity contribution in [1.29, 1.82) is 0 Å². The minimum Gasteiger partial charge on any atom is -0.480 e. The summed E-state index contributed by atoms with van der Waals surface area (Å²) in [4.78, 5) is 10.9. The highest BCUT2D eigenvalue weighted by molar-refractivity contribution is 5.76. The maximum atomic E-state index is 10.9. The van der Waals surface area contributed by atoms with Crippen molar-refractivity contribution in [3.8, 4) is 0 Å². The van der Waals surface area contributed by atoms with Gasteiger partial charge in [-0.3, -0.25) is 0 Å². The van der Waals surface area contributed by atoms with Crippen molar-refractivity contribution in [3.63, 3.8) is 0 Å². The number of rotatable bonds is 5. The molecule has 1 rings (SSSR count). The largest absolute Gasteiger partial charge is 0.480 e. The lowest BCUT2D eigenvalue weighted by molar-refractivity contribution is -0.138. The van der Waals surface area contributed by atoms with Crippen LogP contribution in [0.3, 0.4) is 0 Å². The molecule has 2 N–H and O–H groups in total. The Bertz CT molecular complexity index is 314. The predicted molar refractivity (Wildman–Crippen MR) is 56.5 cm³/mol. The molecule has 0 aliphatic carbocycles. The van der Waals surface area contributed by atoms with Gasteiger partial charge in [0.2, 0.25) is 0 Å². The summed E-state index contributed by atoms with van der Waals surface area (Å²) in [5.41, 5.74) is 0. The highest BCUT2D eigenvalue weighted by Gasteiger charge is 2.18. The van der Waals surface area contributed by atoms with Crippen molar-refractivity contribution >= 4 is 11.8 Å². The number of carbonyl (C=O) groups is 1. The van der Waals surface area contributed by atoms with Crippen LogP contribution in [0.1, 0.15) is 20.3 Å². The molecule has 0 fully saturated rings. The number of aromatic nitrogens is 2. The summed E-state index contributed by atoms with van der Waals surface area (Å²) < 4.78 is 0. The summed E-state index contributed by atoms with van der Waals surface area (Å²) in [5, 5.41) is 19.3. The highest BCUT2D eigenvalue weighted by Crippen LogP contribution is 2.10. The molecule has 0 spiro atoms. The van der Waals surface area contributed by atoms with Crippen molar-refractivity contribution in [2.24, 2.45) is 5.92 Å². The Morgan fingerprint density at radius 3 is 2.80 bits per heavy atom. The fraction of sp³-hybridized carbons (Fsp3) is 0.500. The zero-order valence-corrected chi connectivity index (χ0v) is 8.84. The third-order valence-electron chi connectivity index (χ3n) is 1.90. The number of carboxylic acids is 1. The molecule has 1 unspecified atom stereocenters. The third kappa shape index (κ3) is 3.93. The Hall–Kier alpha value is -1.65. The molecule has 1 aromatic rings. The Morgan fingerprint density at radius 2 is 2.33 bits per heavy atom. The minimum atomic E-state index is -0.866. The average Bonchev–Trinajstić information content (AvgIpc) is 2.17. The summed E-state index contributed by atoms with van der Waals surface area (Å²) in [7, 11) is 0. The fourth-order valence-electron chi connectivity index (χ4n) is 1.25. The molecule has 0 aliphatic rings. The van der Waals surface area contributed by atoms with Crippen LogP contribution in [0.5, 0.6) is 0 Å². The van der Waals surface area contributed by atoms with E-state index in [1.165, 1.54) is 0 Å². The van der Waals surface area contributed by atoms with Gasteiger partial charge in [0.25, 0.3) is 0 Å². The summed E-state index contributed by atoms with van der Waals surface area (Å²) >= 11 is 0. The zero-order chi connectivity index (χ0) is 11.3. The molecule has 0 bridgehead atoms. The predicted octanol–water partition coefficient (Wildman–Crippen LogP) is 1.39. The van der Waals surface area contributed by atoms with Crippen molar-refractivity contribution in [1.82, 2.24) is 10.2 Å². The van der Waals surface area contributed by atoms with Gasteiger partial charge in [-0.05, 0) is 24.5 Å². The van der Waals surface area contributed by atoms with Crippen LogP contribution in [0.2, 0.25) is 0 Å². The van der Waals surface area contributed by atoms with Gasteiger partial charge in [0.05, 0.1) is 0 Å². The van der Waals surface area contributed by atoms with Crippen LogP contribution in [0.25, 0.3) is 0 Å². The molecule has 1 aromatic heterocycles. The van der Waals surface area contributed by atoms with Crippen molar-refractivity contribution in [3.05, 3.63) is 18.3 Å². The number of nitrogens with zero attached hydrogens (tertiary/aromatic N) is 2. The van der Waals surface area contributed by atoms with E-state index in [-0.39, 0.29) is 0 Å². The van der Waals surface area contributed by atoms with Gasteiger partial charge in [-0.15, -0.1) is 5.10 Å². The van der Waals surface area contributed by atoms with Crippen LogP contribution in [0, 0.1) is 5.92 Å². The average molecular weight is 209 g/mol. The maximum absolute atomic E-state index is 10.9. The van der Waals surface area contributed by atoms with Gasteiger partial charge in [0.1, 0.15) is 11.9 Å². The molecule has 0 aromatic carbocycles. The summed E-state index contributed by atoms with van der Waals surface area (Å²) in [6.45, 7) is 3.96. The minimum absolute atomic E-state index is 0.315. The number of anilines is 1. The normalized spacial score (nSPS) is 12.5. The molecule has 0 saturated heterocycles. The Labute approximate surface area is 88.5 Å². The molecule has 0 radical (unpaired) electrons. The fourth-order valence-corrected chi connectivity index (χ4v) is 1.25.